The van der Waals surface area contributed by atoms with Gasteiger partial charge in [0.1, 0.15) is 0 Å². The second-order valence-electron chi connectivity index (χ2n) is 11.2. The Hall–Kier alpha value is -3.08. The Morgan fingerprint density at radius 3 is 1.73 bits per heavy atom. The molecule has 0 N–H and O–H groups in total. The highest BCUT2D eigenvalue weighted by Gasteiger charge is 2.55. The van der Waals surface area contributed by atoms with E-state index in [2.05, 4.69) is 110 Å². The Morgan fingerprint density at radius 2 is 1.17 bits per heavy atom. The zero-order chi connectivity index (χ0) is 27.8. The molecule has 0 aromatic heterocycles. The minimum absolute atomic E-state index is 0.194. The van der Waals surface area contributed by atoms with Gasteiger partial charge in [-0.3, -0.25) is 4.57 Å². The van der Waals surface area contributed by atoms with Crippen LogP contribution in [0, 0.1) is 0 Å². The smallest absolute Gasteiger partial charge is 0.262 e. The van der Waals surface area contributed by atoms with Gasteiger partial charge in [-0.1, -0.05) is 132 Å². The summed E-state index contributed by atoms with van der Waals surface area (Å²) in [6.07, 6.45) is 6.22. The fourth-order valence-electron chi connectivity index (χ4n) is 6.80. The van der Waals surface area contributed by atoms with Gasteiger partial charge in [-0.25, -0.2) is 14.1 Å². The number of nitrogens with zero attached hydrogens (tertiary/aromatic N) is 3. The molecule has 2 aliphatic rings. The average Bonchev–Trinajstić information content (AvgIpc) is 3.24. The van der Waals surface area contributed by atoms with E-state index in [1.165, 1.54) is 32.7 Å². The molecule has 1 heterocycles. The largest absolute Gasteiger partial charge is 0.330 e. The first-order valence-corrected chi connectivity index (χ1v) is 16.9. The Balaban J connectivity index is 1.36. The molecule has 1 saturated carbocycles. The molecule has 1 aliphatic carbocycles. The first kappa shape index (κ1) is 26.8. The molecule has 2 fully saturated rings. The molecule has 6 heteroatoms. The number of halogens is 1. The third-order valence-corrected chi connectivity index (χ3v) is 12.2. The standard InChI is InChI=1S/C35H33BrN3OP/c36-33-20-6-3-13-28(33)23-37-41(40)38(24-29-16-9-14-26-11-1-4-18-31(26)29)34-21-7-8-22-35(34)39(41)25-30-17-10-15-27-12-2-5-19-32(27)30/h1-6,9-20,23,34-35H,7-8,21-22,24-25H2/b37-23+/t34-,35-/m1/s1. The number of hydrogen-bond acceptors (Lipinski definition) is 1. The maximum absolute atomic E-state index is 15.6. The van der Waals surface area contributed by atoms with Crippen molar-refractivity contribution in [2.75, 3.05) is 0 Å². The van der Waals surface area contributed by atoms with Crippen molar-refractivity contribution in [2.45, 2.75) is 50.9 Å². The van der Waals surface area contributed by atoms with Gasteiger partial charge in [0, 0.05) is 41.4 Å². The van der Waals surface area contributed by atoms with Crippen LogP contribution in [0.5, 0.6) is 0 Å². The summed E-state index contributed by atoms with van der Waals surface area (Å²) >= 11 is 3.67. The molecule has 1 saturated heterocycles. The van der Waals surface area contributed by atoms with Gasteiger partial charge in [0.15, 0.2) is 0 Å². The van der Waals surface area contributed by atoms with Gasteiger partial charge in [0.25, 0.3) is 0 Å². The van der Waals surface area contributed by atoms with Gasteiger partial charge >= 0.3 is 7.59 Å². The maximum atomic E-state index is 15.6. The summed E-state index contributed by atoms with van der Waals surface area (Å²) in [6, 6.07) is 38.4. The lowest BCUT2D eigenvalue weighted by atomic mass is 9.89. The van der Waals surface area contributed by atoms with Crippen LogP contribution >= 0.6 is 23.5 Å². The van der Waals surface area contributed by atoms with Gasteiger partial charge in [0.05, 0.1) is 0 Å². The van der Waals surface area contributed by atoms with E-state index in [1.807, 2.05) is 30.5 Å². The molecule has 0 amide bonds. The number of hydrogen-bond donors (Lipinski definition) is 0. The van der Waals surface area contributed by atoms with Gasteiger partial charge in [0.2, 0.25) is 0 Å². The van der Waals surface area contributed by atoms with Crippen LogP contribution in [0.25, 0.3) is 21.5 Å². The molecular formula is C35H33BrN3OP. The molecule has 0 unspecified atom stereocenters. The van der Waals surface area contributed by atoms with Crippen LogP contribution in [0.15, 0.2) is 118 Å². The fourth-order valence-corrected chi connectivity index (χ4v) is 10.0. The quantitative estimate of drug-likeness (QED) is 0.140. The molecule has 0 spiro atoms. The van der Waals surface area contributed by atoms with Gasteiger partial charge < -0.3 is 0 Å². The Bertz CT molecular complexity index is 1690. The lowest BCUT2D eigenvalue weighted by Crippen LogP contribution is -2.39. The van der Waals surface area contributed by atoms with Crippen LogP contribution < -0.4 is 0 Å². The van der Waals surface area contributed by atoms with Crippen molar-refractivity contribution in [1.29, 1.82) is 0 Å². The molecule has 206 valence electrons. The normalized spacial score (nSPS) is 21.1. The maximum Gasteiger partial charge on any atom is 0.330 e. The summed E-state index contributed by atoms with van der Waals surface area (Å²) in [6.45, 7) is 1.22. The van der Waals surface area contributed by atoms with E-state index in [9.17, 15) is 0 Å². The van der Waals surface area contributed by atoms with Crippen LogP contribution in [0.3, 0.4) is 0 Å². The monoisotopic (exact) mass is 621 g/mol. The van der Waals surface area contributed by atoms with E-state index < -0.39 is 7.59 Å². The van der Waals surface area contributed by atoms with Crippen molar-refractivity contribution < 1.29 is 4.57 Å². The van der Waals surface area contributed by atoms with Gasteiger partial charge in [-0.15, -0.1) is 0 Å². The van der Waals surface area contributed by atoms with Gasteiger partial charge in [-0.2, -0.15) is 0 Å². The predicted molar refractivity (Wildman–Crippen MR) is 174 cm³/mol. The summed E-state index contributed by atoms with van der Waals surface area (Å²) in [4.78, 5) is 0. The average molecular weight is 623 g/mol. The molecule has 0 radical (unpaired) electrons. The molecule has 1 aliphatic heterocycles. The van der Waals surface area contributed by atoms with Crippen LogP contribution in [0.4, 0.5) is 0 Å². The summed E-state index contributed by atoms with van der Waals surface area (Å²) in [5.41, 5.74) is 3.35. The second-order valence-corrected chi connectivity index (χ2v) is 14.3. The number of benzene rings is 5. The first-order valence-electron chi connectivity index (χ1n) is 14.5. The van der Waals surface area contributed by atoms with E-state index in [0.29, 0.717) is 13.1 Å². The van der Waals surface area contributed by atoms with Crippen LogP contribution in [-0.2, 0) is 17.7 Å². The summed E-state index contributed by atoms with van der Waals surface area (Å²) in [7, 11) is -3.35. The zero-order valence-electron chi connectivity index (χ0n) is 22.9. The molecule has 5 aromatic carbocycles. The van der Waals surface area contributed by atoms with Gasteiger partial charge in [-0.05, 0) is 51.6 Å². The molecule has 41 heavy (non-hydrogen) atoms. The Labute approximate surface area is 250 Å². The lowest BCUT2D eigenvalue weighted by molar-refractivity contribution is 0.198. The molecule has 5 aromatic rings. The number of fused-ring (bicyclic) bond motifs is 3. The molecular weight excluding hydrogens is 589 g/mol. The Kier molecular flexibility index (Phi) is 7.39. The SMILES string of the molecule is O=P1(/N=C/c2ccccc2Br)N(Cc2cccc3ccccc23)[C@@H]2CCCC[C@H]2N1Cc1cccc2ccccc12. The zero-order valence-corrected chi connectivity index (χ0v) is 25.4. The van der Waals surface area contributed by atoms with E-state index in [1.54, 1.807) is 0 Å². The molecule has 7 rings (SSSR count). The number of rotatable bonds is 6. The van der Waals surface area contributed by atoms with Crippen LogP contribution in [-0.4, -0.2) is 27.6 Å². The van der Waals surface area contributed by atoms with E-state index >= 15 is 4.57 Å². The van der Waals surface area contributed by atoms with Crippen molar-refractivity contribution in [3.63, 3.8) is 0 Å². The predicted octanol–water partition coefficient (Wildman–Crippen LogP) is 9.61. The lowest BCUT2D eigenvalue weighted by Gasteiger charge is -2.31. The molecule has 0 bridgehead atoms. The minimum Gasteiger partial charge on any atom is -0.262 e. The highest BCUT2D eigenvalue weighted by atomic mass is 79.9. The summed E-state index contributed by atoms with van der Waals surface area (Å²) < 4.78 is 26.2. The Morgan fingerprint density at radius 1 is 0.683 bits per heavy atom. The fraction of sp³-hybridized carbons (Fsp3) is 0.229. The van der Waals surface area contributed by atoms with Crippen molar-refractivity contribution in [3.05, 3.63) is 130 Å². The van der Waals surface area contributed by atoms with E-state index in [-0.39, 0.29) is 12.1 Å². The second kappa shape index (κ2) is 11.3. The topological polar surface area (TPSA) is 35.9 Å². The third-order valence-electron chi connectivity index (χ3n) is 8.81. The van der Waals surface area contributed by atoms with Crippen LogP contribution in [0.2, 0.25) is 0 Å². The van der Waals surface area contributed by atoms with Crippen molar-refractivity contribution in [2.24, 2.45) is 4.76 Å². The van der Waals surface area contributed by atoms with E-state index in [4.69, 9.17) is 4.76 Å². The van der Waals surface area contributed by atoms with Crippen molar-refractivity contribution in [3.8, 4) is 0 Å². The molecule has 2 atom stereocenters. The molecule has 4 nitrogen and oxygen atoms in total. The van der Waals surface area contributed by atoms with E-state index in [0.717, 1.165) is 35.7 Å². The van der Waals surface area contributed by atoms with Crippen LogP contribution in [0.1, 0.15) is 42.4 Å². The first-order chi connectivity index (χ1) is 20.1. The highest BCUT2D eigenvalue weighted by Crippen LogP contribution is 2.66. The minimum atomic E-state index is -3.35. The van der Waals surface area contributed by atoms with Crippen molar-refractivity contribution >= 4 is 51.3 Å². The van der Waals surface area contributed by atoms with Crippen molar-refractivity contribution in [1.82, 2.24) is 9.34 Å². The third kappa shape index (κ3) is 5.00. The summed E-state index contributed by atoms with van der Waals surface area (Å²) in [5, 5.41) is 4.86. The summed E-state index contributed by atoms with van der Waals surface area (Å²) in [5.74, 6) is 0. The highest BCUT2D eigenvalue weighted by molar-refractivity contribution is 9.10.